The largest absolute Gasteiger partial charge is 0.382 e. The number of hydrogen-bond donors (Lipinski definition) is 1. The summed E-state index contributed by atoms with van der Waals surface area (Å²) >= 11 is 0. The maximum atomic E-state index is 5.32. The molecule has 0 radical (unpaired) electrons. The highest BCUT2D eigenvalue weighted by atomic mass is 16.5. The van der Waals surface area contributed by atoms with Crippen LogP contribution in [-0.4, -0.2) is 65.6 Å². The lowest BCUT2D eigenvalue weighted by molar-refractivity contribution is 0.0720. The first kappa shape index (κ1) is 14.8. The maximum absolute atomic E-state index is 5.32. The van der Waals surface area contributed by atoms with Crippen LogP contribution in [0.3, 0.4) is 0 Å². The zero-order valence-corrected chi connectivity index (χ0v) is 10.4. The van der Waals surface area contributed by atoms with Crippen LogP contribution in [0.1, 0.15) is 12.8 Å². The van der Waals surface area contributed by atoms with Crippen LogP contribution >= 0.6 is 0 Å². The Kier molecular flexibility index (Phi) is 11.8. The standard InChI is InChI=1S/C11H26N2O2/c1-13(2)8-5-4-6-12-7-9-15-11-10-14-3/h12H,4-11H2,1-3H3. The van der Waals surface area contributed by atoms with Gasteiger partial charge >= 0.3 is 0 Å². The van der Waals surface area contributed by atoms with E-state index in [0.29, 0.717) is 13.2 Å². The van der Waals surface area contributed by atoms with Crippen molar-refractivity contribution in [3.05, 3.63) is 0 Å². The molecule has 0 aliphatic carbocycles. The minimum atomic E-state index is 0.683. The first-order chi connectivity index (χ1) is 7.27. The van der Waals surface area contributed by atoms with Crippen LogP contribution in [0.25, 0.3) is 0 Å². The fourth-order valence-electron chi connectivity index (χ4n) is 1.19. The van der Waals surface area contributed by atoms with Crippen LogP contribution in [0.15, 0.2) is 0 Å². The Hall–Kier alpha value is -0.160. The Morgan fingerprint density at radius 1 is 1.00 bits per heavy atom. The van der Waals surface area contributed by atoms with E-state index < -0.39 is 0 Å². The molecule has 0 saturated carbocycles. The number of hydrogen-bond acceptors (Lipinski definition) is 4. The Balaban J connectivity index is 2.87. The van der Waals surface area contributed by atoms with Crippen LogP contribution in [0.4, 0.5) is 0 Å². The molecule has 4 heteroatoms. The maximum Gasteiger partial charge on any atom is 0.0700 e. The molecule has 0 amide bonds. The van der Waals surface area contributed by atoms with Crippen molar-refractivity contribution in [3.63, 3.8) is 0 Å². The van der Waals surface area contributed by atoms with Gasteiger partial charge in [-0.25, -0.2) is 0 Å². The zero-order valence-electron chi connectivity index (χ0n) is 10.4. The van der Waals surface area contributed by atoms with Crippen molar-refractivity contribution < 1.29 is 9.47 Å². The lowest BCUT2D eigenvalue weighted by Crippen LogP contribution is -2.22. The van der Waals surface area contributed by atoms with Crippen LogP contribution in [0.2, 0.25) is 0 Å². The first-order valence-electron chi connectivity index (χ1n) is 5.69. The van der Waals surface area contributed by atoms with E-state index in [1.54, 1.807) is 7.11 Å². The van der Waals surface area contributed by atoms with Gasteiger partial charge in [0.05, 0.1) is 19.8 Å². The van der Waals surface area contributed by atoms with E-state index >= 15 is 0 Å². The van der Waals surface area contributed by atoms with Crippen molar-refractivity contribution in [2.75, 3.05) is 60.7 Å². The number of unbranched alkanes of at least 4 members (excludes halogenated alkanes) is 1. The van der Waals surface area contributed by atoms with Gasteiger partial charge in [0, 0.05) is 13.7 Å². The molecule has 0 aliphatic rings. The number of nitrogens with zero attached hydrogens (tertiary/aromatic N) is 1. The molecule has 4 nitrogen and oxygen atoms in total. The zero-order chi connectivity index (χ0) is 11.4. The molecule has 92 valence electrons. The fraction of sp³-hybridized carbons (Fsp3) is 1.00. The van der Waals surface area contributed by atoms with Gasteiger partial charge in [-0.15, -0.1) is 0 Å². The Morgan fingerprint density at radius 2 is 1.80 bits per heavy atom. The first-order valence-corrected chi connectivity index (χ1v) is 5.69. The summed E-state index contributed by atoms with van der Waals surface area (Å²) in [6, 6.07) is 0. The van der Waals surface area contributed by atoms with E-state index in [0.717, 1.165) is 19.7 Å². The molecular formula is C11H26N2O2. The highest BCUT2D eigenvalue weighted by Gasteiger charge is 1.91. The summed E-state index contributed by atoms with van der Waals surface area (Å²) in [5, 5.41) is 3.35. The Bertz CT molecular complexity index is 121. The van der Waals surface area contributed by atoms with E-state index in [2.05, 4.69) is 24.3 Å². The van der Waals surface area contributed by atoms with Gasteiger partial charge in [0.2, 0.25) is 0 Å². The summed E-state index contributed by atoms with van der Waals surface area (Å²) in [5.74, 6) is 0. The fourth-order valence-corrected chi connectivity index (χ4v) is 1.19. The predicted octanol–water partition coefficient (Wildman–Crippen LogP) is 0.581. The van der Waals surface area contributed by atoms with Crippen molar-refractivity contribution in [1.82, 2.24) is 10.2 Å². The van der Waals surface area contributed by atoms with Crippen LogP contribution in [0.5, 0.6) is 0 Å². The third-order valence-corrected chi connectivity index (χ3v) is 2.06. The smallest absolute Gasteiger partial charge is 0.0700 e. The molecule has 0 saturated heterocycles. The molecule has 0 rings (SSSR count). The third-order valence-electron chi connectivity index (χ3n) is 2.06. The Morgan fingerprint density at radius 3 is 2.47 bits per heavy atom. The summed E-state index contributed by atoms with van der Waals surface area (Å²) in [4.78, 5) is 2.22. The average molecular weight is 218 g/mol. The quantitative estimate of drug-likeness (QED) is 0.514. The molecule has 0 aromatic carbocycles. The second-order valence-corrected chi connectivity index (χ2v) is 3.87. The normalized spacial score (nSPS) is 11.2. The van der Waals surface area contributed by atoms with Crippen LogP contribution in [-0.2, 0) is 9.47 Å². The molecule has 0 heterocycles. The molecule has 0 fully saturated rings. The van der Waals surface area contributed by atoms with Crippen molar-refractivity contribution in [2.45, 2.75) is 12.8 Å². The van der Waals surface area contributed by atoms with Gasteiger partial charge < -0.3 is 19.7 Å². The molecule has 0 atom stereocenters. The molecule has 0 spiro atoms. The summed E-state index contributed by atoms with van der Waals surface area (Å²) in [7, 11) is 5.90. The van der Waals surface area contributed by atoms with Crippen molar-refractivity contribution >= 4 is 0 Å². The molecular weight excluding hydrogens is 192 g/mol. The van der Waals surface area contributed by atoms with Gasteiger partial charge in [0.25, 0.3) is 0 Å². The molecule has 0 aliphatic heterocycles. The minimum Gasteiger partial charge on any atom is -0.382 e. The highest BCUT2D eigenvalue weighted by molar-refractivity contribution is 4.50. The summed E-state index contributed by atoms with van der Waals surface area (Å²) in [6.45, 7) is 5.35. The van der Waals surface area contributed by atoms with Crippen molar-refractivity contribution in [3.8, 4) is 0 Å². The number of rotatable bonds is 11. The van der Waals surface area contributed by atoms with E-state index in [1.165, 1.54) is 19.4 Å². The number of methoxy groups -OCH3 is 1. The molecule has 0 unspecified atom stereocenters. The molecule has 1 N–H and O–H groups in total. The summed E-state index contributed by atoms with van der Waals surface area (Å²) < 4.78 is 10.2. The van der Waals surface area contributed by atoms with E-state index in [-0.39, 0.29) is 0 Å². The SMILES string of the molecule is COCCOCCNCCCCN(C)C. The van der Waals surface area contributed by atoms with Gasteiger partial charge in [0.15, 0.2) is 0 Å². The van der Waals surface area contributed by atoms with Gasteiger partial charge in [-0.3, -0.25) is 0 Å². The van der Waals surface area contributed by atoms with Gasteiger partial charge in [-0.1, -0.05) is 0 Å². The topological polar surface area (TPSA) is 33.7 Å². The van der Waals surface area contributed by atoms with Crippen LogP contribution in [0, 0.1) is 0 Å². The lowest BCUT2D eigenvalue weighted by Gasteiger charge is -2.09. The summed E-state index contributed by atoms with van der Waals surface area (Å²) in [5.41, 5.74) is 0. The van der Waals surface area contributed by atoms with Crippen molar-refractivity contribution in [1.29, 1.82) is 0 Å². The predicted molar refractivity (Wildman–Crippen MR) is 63.4 cm³/mol. The van der Waals surface area contributed by atoms with E-state index in [1.807, 2.05) is 0 Å². The second kappa shape index (κ2) is 11.9. The summed E-state index contributed by atoms with van der Waals surface area (Å²) in [6.07, 6.45) is 2.49. The molecule has 0 bridgehead atoms. The molecule has 0 aromatic rings. The van der Waals surface area contributed by atoms with E-state index in [9.17, 15) is 0 Å². The second-order valence-electron chi connectivity index (χ2n) is 3.87. The Labute approximate surface area is 93.9 Å². The third kappa shape index (κ3) is 13.8. The van der Waals surface area contributed by atoms with Crippen LogP contribution < -0.4 is 5.32 Å². The average Bonchev–Trinajstić information content (AvgIpc) is 2.20. The minimum absolute atomic E-state index is 0.683. The number of ether oxygens (including phenoxy) is 2. The van der Waals surface area contributed by atoms with Crippen molar-refractivity contribution in [2.24, 2.45) is 0 Å². The lowest BCUT2D eigenvalue weighted by atomic mass is 10.3. The highest BCUT2D eigenvalue weighted by Crippen LogP contribution is 1.88. The monoisotopic (exact) mass is 218 g/mol. The van der Waals surface area contributed by atoms with Gasteiger partial charge in [0.1, 0.15) is 0 Å². The van der Waals surface area contributed by atoms with E-state index in [4.69, 9.17) is 9.47 Å². The molecule has 0 aromatic heterocycles. The number of nitrogens with one attached hydrogen (secondary N) is 1. The molecule has 15 heavy (non-hydrogen) atoms. The van der Waals surface area contributed by atoms with Gasteiger partial charge in [-0.2, -0.15) is 0 Å². The van der Waals surface area contributed by atoms with Gasteiger partial charge in [-0.05, 0) is 40.0 Å².